The van der Waals surface area contributed by atoms with Crippen molar-refractivity contribution in [2.24, 2.45) is 0 Å². The van der Waals surface area contributed by atoms with Crippen LogP contribution in [0.25, 0.3) is 4.96 Å². The van der Waals surface area contributed by atoms with E-state index in [9.17, 15) is 4.79 Å². The van der Waals surface area contributed by atoms with Crippen LogP contribution in [0, 0.1) is 0 Å². The molecule has 2 aromatic heterocycles. The van der Waals surface area contributed by atoms with E-state index >= 15 is 0 Å². The van der Waals surface area contributed by atoms with Gasteiger partial charge in [-0.3, -0.25) is 9.20 Å². The van der Waals surface area contributed by atoms with Crippen LogP contribution in [0.1, 0.15) is 10.5 Å². The normalized spacial score (nSPS) is 15.0. The fourth-order valence-corrected chi connectivity index (χ4v) is 3.91. The Morgan fingerprint density at radius 2 is 2.00 bits per heavy atom. The van der Waals surface area contributed by atoms with Gasteiger partial charge in [-0.2, -0.15) is 0 Å². The summed E-state index contributed by atoms with van der Waals surface area (Å²) in [4.78, 5) is 22.0. The topological polar surface area (TPSA) is 50.1 Å². The lowest BCUT2D eigenvalue weighted by atomic mass is 10.2. The Balaban J connectivity index is 1.48. The molecule has 0 N–H and O–H groups in total. The number of piperazine rings is 1. The Bertz CT molecular complexity index is 864. The van der Waals surface area contributed by atoms with Crippen molar-refractivity contribution in [2.75, 3.05) is 38.2 Å². The van der Waals surface area contributed by atoms with E-state index in [0.29, 0.717) is 18.8 Å². The van der Waals surface area contributed by atoms with Gasteiger partial charge in [-0.1, -0.05) is 12.1 Å². The average molecular weight is 342 g/mol. The van der Waals surface area contributed by atoms with Crippen LogP contribution in [0.3, 0.4) is 0 Å². The molecule has 1 aliphatic heterocycles. The number of fused-ring (bicyclic) bond motifs is 1. The van der Waals surface area contributed by atoms with E-state index in [4.69, 9.17) is 4.74 Å². The van der Waals surface area contributed by atoms with Crippen molar-refractivity contribution in [1.82, 2.24) is 14.3 Å². The highest BCUT2D eigenvalue weighted by Crippen LogP contribution is 2.28. The molecular weight excluding hydrogens is 324 g/mol. The zero-order valence-corrected chi connectivity index (χ0v) is 14.2. The van der Waals surface area contributed by atoms with Gasteiger partial charge in [0.05, 0.1) is 12.8 Å². The molecule has 7 heteroatoms. The number of carbonyl (C=O) groups excluding carboxylic acids is 1. The van der Waals surface area contributed by atoms with Crippen molar-refractivity contribution < 1.29 is 9.53 Å². The third-order valence-corrected chi connectivity index (χ3v) is 5.21. The molecule has 3 heterocycles. The summed E-state index contributed by atoms with van der Waals surface area (Å²) in [7, 11) is 1.69. The first kappa shape index (κ1) is 15.0. The van der Waals surface area contributed by atoms with Gasteiger partial charge in [0.15, 0.2) is 4.96 Å². The van der Waals surface area contributed by atoms with Crippen LogP contribution in [-0.2, 0) is 0 Å². The van der Waals surface area contributed by atoms with Gasteiger partial charge in [0, 0.05) is 44.0 Å². The number of rotatable bonds is 3. The third kappa shape index (κ3) is 2.50. The van der Waals surface area contributed by atoms with Gasteiger partial charge >= 0.3 is 0 Å². The van der Waals surface area contributed by atoms with Crippen LogP contribution in [-0.4, -0.2) is 53.5 Å². The van der Waals surface area contributed by atoms with Crippen LogP contribution >= 0.6 is 11.3 Å². The third-order valence-electron chi connectivity index (χ3n) is 4.35. The Morgan fingerprint density at radius 3 is 2.79 bits per heavy atom. The maximum atomic E-state index is 12.8. The lowest BCUT2D eigenvalue weighted by molar-refractivity contribution is 0.0740. The first-order valence-electron chi connectivity index (χ1n) is 7.86. The summed E-state index contributed by atoms with van der Waals surface area (Å²) in [6.45, 7) is 2.98. The highest BCUT2D eigenvalue weighted by molar-refractivity contribution is 7.15. The lowest BCUT2D eigenvalue weighted by Crippen LogP contribution is -2.49. The van der Waals surface area contributed by atoms with Gasteiger partial charge in [-0.25, -0.2) is 4.98 Å². The zero-order chi connectivity index (χ0) is 16.5. The minimum atomic E-state index is 0.0685. The Labute approximate surface area is 143 Å². The number of amides is 1. The largest absolute Gasteiger partial charge is 0.495 e. The van der Waals surface area contributed by atoms with Crippen LogP contribution < -0.4 is 9.64 Å². The first-order valence-corrected chi connectivity index (χ1v) is 8.73. The molecule has 0 atom stereocenters. The average Bonchev–Trinajstić information content (AvgIpc) is 3.25. The molecular formula is C17H18N4O2S. The molecule has 0 bridgehead atoms. The number of hydrogen-bond acceptors (Lipinski definition) is 5. The van der Waals surface area contributed by atoms with Crippen LogP contribution in [0.15, 0.2) is 42.0 Å². The molecule has 1 aliphatic rings. The highest BCUT2D eigenvalue weighted by atomic mass is 32.1. The fraction of sp³-hybridized carbons (Fsp3) is 0.294. The number of nitrogens with zero attached hydrogens (tertiary/aromatic N) is 4. The lowest BCUT2D eigenvalue weighted by Gasteiger charge is -2.36. The molecule has 0 spiro atoms. The van der Waals surface area contributed by atoms with Gasteiger partial charge in [0.25, 0.3) is 5.91 Å². The monoisotopic (exact) mass is 342 g/mol. The number of ether oxygens (including phenoxy) is 1. The summed E-state index contributed by atoms with van der Waals surface area (Å²) < 4.78 is 7.30. The van der Waals surface area contributed by atoms with Crippen molar-refractivity contribution in [3.63, 3.8) is 0 Å². The van der Waals surface area contributed by atoms with Gasteiger partial charge in [0.1, 0.15) is 11.4 Å². The van der Waals surface area contributed by atoms with E-state index in [2.05, 4.69) is 16.0 Å². The molecule has 4 rings (SSSR count). The van der Waals surface area contributed by atoms with Crippen molar-refractivity contribution in [1.29, 1.82) is 0 Å². The molecule has 0 radical (unpaired) electrons. The molecule has 0 saturated carbocycles. The summed E-state index contributed by atoms with van der Waals surface area (Å²) in [5, 5.41) is 1.89. The minimum absolute atomic E-state index is 0.0685. The quantitative estimate of drug-likeness (QED) is 0.733. The predicted molar refractivity (Wildman–Crippen MR) is 94.2 cm³/mol. The second-order valence-corrected chi connectivity index (χ2v) is 6.49. The summed E-state index contributed by atoms with van der Waals surface area (Å²) in [5.74, 6) is 0.939. The highest BCUT2D eigenvalue weighted by Gasteiger charge is 2.25. The van der Waals surface area contributed by atoms with E-state index in [0.717, 1.165) is 29.5 Å². The SMILES string of the molecule is COc1ccccc1N1CCN(C(=O)c2csc3nccn23)CC1. The Hall–Kier alpha value is -2.54. The molecule has 124 valence electrons. The predicted octanol–water partition coefficient (Wildman–Crippen LogP) is 2.37. The standard InChI is InChI=1S/C17H18N4O2S/c1-23-15-5-3-2-4-13(15)19-8-10-20(11-9-19)16(22)14-12-24-17-18-6-7-21(14)17/h2-7,12H,8-11H2,1H3. The number of thiazole rings is 1. The molecule has 1 saturated heterocycles. The number of imidazole rings is 1. The van der Waals surface area contributed by atoms with Crippen LogP contribution in [0.2, 0.25) is 0 Å². The Kier molecular flexibility index (Phi) is 3.86. The smallest absolute Gasteiger partial charge is 0.271 e. The van der Waals surface area contributed by atoms with E-state index in [1.807, 2.05) is 39.1 Å². The van der Waals surface area contributed by atoms with Crippen molar-refractivity contribution >= 4 is 27.9 Å². The number of para-hydroxylation sites is 2. The fourth-order valence-electron chi connectivity index (χ4n) is 3.08. The van der Waals surface area contributed by atoms with Gasteiger partial charge in [0.2, 0.25) is 0 Å². The van der Waals surface area contributed by atoms with Crippen molar-refractivity contribution in [3.05, 3.63) is 47.7 Å². The second kappa shape index (κ2) is 6.16. The summed E-state index contributed by atoms with van der Waals surface area (Å²) >= 11 is 1.49. The number of methoxy groups -OCH3 is 1. The van der Waals surface area contributed by atoms with Gasteiger partial charge in [-0.05, 0) is 12.1 Å². The molecule has 1 amide bonds. The summed E-state index contributed by atoms with van der Waals surface area (Å²) in [6, 6.07) is 8.00. The van der Waals surface area contributed by atoms with Crippen LogP contribution in [0.5, 0.6) is 5.75 Å². The van der Waals surface area contributed by atoms with E-state index in [-0.39, 0.29) is 5.91 Å². The first-order chi connectivity index (χ1) is 11.8. The minimum Gasteiger partial charge on any atom is -0.495 e. The van der Waals surface area contributed by atoms with Crippen molar-refractivity contribution in [2.45, 2.75) is 0 Å². The van der Waals surface area contributed by atoms with Crippen LogP contribution in [0.4, 0.5) is 5.69 Å². The molecule has 3 aromatic rings. The number of benzene rings is 1. The van der Waals surface area contributed by atoms with E-state index in [1.165, 1.54) is 11.3 Å². The maximum absolute atomic E-state index is 12.8. The number of carbonyl (C=O) groups is 1. The van der Waals surface area contributed by atoms with Gasteiger partial charge in [-0.15, -0.1) is 11.3 Å². The molecule has 1 fully saturated rings. The molecule has 1 aromatic carbocycles. The van der Waals surface area contributed by atoms with E-state index in [1.54, 1.807) is 13.3 Å². The van der Waals surface area contributed by atoms with Gasteiger partial charge < -0.3 is 14.5 Å². The molecule has 0 unspecified atom stereocenters. The number of anilines is 1. The number of hydrogen-bond donors (Lipinski definition) is 0. The Morgan fingerprint density at radius 1 is 1.21 bits per heavy atom. The molecule has 0 aliphatic carbocycles. The second-order valence-electron chi connectivity index (χ2n) is 5.65. The maximum Gasteiger partial charge on any atom is 0.271 e. The van der Waals surface area contributed by atoms with Crippen molar-refractivity contribution in [3.8, 4) is 5.75 Å². The summed E-state index contributed by atoms with van der Waals surface area (Å²) in [6.07, 6.45) is 3.56. The van der Waals surface area contributed by atoms with E-state index < -0.39 is 0 Å². The number of aromatic nitrogens is 2. The zero-order valence-electron chi connectivity index (χ0n) is 13.4. The molecule has 6 nitrogen and oxygen atoms in total. The summed E-state index contributed by atoms with van der Waals surface area (Å²) in [5.41, 5.74) is 1.78. The molecule has 24 heavy (non-hydrogen) atoms.